The number of phenols is 1. The molecule has 2 N–H and O–H groups in total. The van der Waals surface area contributed by atoms with Gasteiger partial charge in [-0.3, -0.25) is 4.90 Å². The highest BCUT2D eigenvalue weighted by atomic mass is 35.5. The molecular weight excluding hydrogens is 560 g/mol. The Hall–Kier alpha value is -3.65. The number of aromatic hydroxyl groups is 1. The third-order valence-corrected chi connectivity index (χ3v) is 9.64. The van der Waals surface area contributed by atoms with Gasteiger partial charge in [-0.2, -0.15) is 0 Å². The van der Waals surface area contributed by atoms with Crippen LogP contribution in [0.1, 0.15) is 37.9 Å². The number of hydrogen-bond donors (Lipinski definition) is 2. The predicted octanol–water partition coefficient (Wildman–Crippen LogP) is 4.61. The predicted molar refractivity (Wildman–Crippen MR) is 157 cm³/mol. The van der Waals surface area contributed by atoms with E-state index in [-0.39, 0.29) is 34.3 Å². The Labute approximate surface area is 246 Å². The fourth-order valence-electron chi connectivity index (χ4n) is 7.36. The van der Waals surface area contributed by atoms with Crippen LogP contribution in [-0.2, 0) is 0 Å². The Morgan fingerprint density at radius 3 is 2.83 bits per heavy atom. The Balaban J connectivity index is 1.33. The van der Waals surface area contributed by atoms with Gasteiger partial charge in [-0.25, -0.2) is 18.7 Å². The summed E-state index contributed by atoms with van der Waals surface area (Å²) in [4.78, 5) is 13.7. The van der Waals surface area contributed by atoms with Crippen molar-refractivity contribution in [2.24, 2.45) is 0 Å². The second kappa shape index (κ2) is 9.69. The number of phenolic OH excluding ortho intramolecular Hbond substituents is 1. The number of piperidine rings is 2. The number of nitrogens with zero attached hydrogens (tertiary/aromatic N) is 6. The first-order valence-electron chi connectivity index (χ1n) is 14.5. The highest BCUT2D eigenvalue weighted by molar-refractivity contribution is 6.36. The highest BCUT2D eigenvalue weighted by Crippen LogP contribution is 2.41. The zero-order chi connectivity index (χ0) is 28.6. The summed E-state index contributed by atoms with van der Waals surface area (Å²) in [5.41, 5.74) is -0.0303. The molecule has 5 aliphatic rings. The molecule has 4 aromatic rings. The second-order valence-electron chi connectivity index (χ2n) is 11.9. The van der Waals surface area contributed by atoms with Crippen LogP contribution in [0.5, 0.6) is 5.75 Å². The van der Waals surface area contributed by atoms with E-state index in [4.69, 9.17) is 16.6 Å². The lowest BCUT2D eigenvalue weighted by atomic mass is 9.93. The first kappa shape index (κ1) is 26.0. The second-order valence-corrected chi connectivity index (χ2v) is 12.3. The number of benzene rings is 2. The van der Waals surface area contributed by atoms with Crippen molar-refractivity contribution in [2.45, 2.75) is 55.9 Å². The van der Waals surface area contributed by atoms with Crippen molar-refractivity contribution in [1.29, 1.82) is 0 Å². The molecule has 8 nitrogen and oxygen atoms in total. The fraction of sp³-hybridized carbons (Fsp3) is 0.419. The molecule has 0 spiro atoms. The molecule has 0 radical (unpaired) electrons. The van der Waals surface area contributed by atoms with Gasteiger partial charge in [-0.15, -0.1) is 10.2 Å². The summed E-state index contributed by atoms with van der Waals surface area (Å²) in [5.74, 6) is 6.37. The van der Waals surface area contributed by atoms with Crippen LogP contribution in [0, 0.1) is 17.7 Å². The van der Waals surface area contributed by atoms with Crippen LogP contribution < -0.4 is 10.2 Å². The maximum Gasteiger partial charge on any atom is 0.207 e. The Bertz CT molecular complexity index is 1820. The number of fused-ring (bicyclic) bond motifs is 6. The molecule has 2 aromatic carbocycles. The van der Waals surface area contributed by atoms with E-state index >= 15 is 4.39 Å². The number of hydrogen-bond acceptors (Lipinski definition) is 8. The quantitative estimate of drug-likeness (QED) is 0.329. The zero-order valence-corrected chi connectivity index (χ0v) is 23.5. The van der Waals surface area contributed by atoms with Gasteiger partial charge >= 0.3 is 0 Å². The molecule has 11 heteroatoms. The number of piperazine rings is 1. The molecule has 0 unspecified atom stereocenters. The molecule has 0 aliphatic carbocycles. The van der Waals surface area contributed by atoms with Crippen molar-refractivity contribution in [3.05, 3.63) is 47.0 Å². The van der Waals surface area contributed by atoms with Crippen molar-refractivity contribution in [3.63, 3.8) is 0 Å². The molecule has 5 fully saturated rings. The third-order valence-electron chi connectivity index (χ3n) is 9.33. The zero-order valence-electron chi connectivity index (χ0n) is 22.7. The molecule has 4 atom stereocenters. The molecule has 0 saturated carbocycles. The molecule has 2 aromatic heterocycles. The molecule has 42 heavy (non-hydrogen) atoms. The molecule has 5 saturated heterocycles. The number of alkyl halides is 1. The molecule has 9 rings (SSSR count). The average molecular weight is 588 g/mol. The Morgan fingerprint density at radius 2 is 2.02 bits per heavy atom. The summed E-state index contributed by atoms with van der Waals surface area (Å²) in [6.45, 7) is 2.71. The van der Waals surface area contributed by atoms with Crippen molar-refractivity contribution in [1.82, 2.24) is 30.4 Å². The molecule has 2 bridgehead atoms. The minimum absolute atomic E-state index is 0.00261. The molecule has 214 valence electrons. The van der Waals surface area contributed by atoms with Gasteiger partial charge in [0.15, 0.2) is 17.2 Å². The van der Waals surface area contributed by atoms with Gasteiger partial charge in [-0.05, 0) is 61.7 Å². The van der Waals surface area contributed by atoms with E-state index in [1.165, 1.54) is 6.07 Å². The van der Waals surface area contributed by atoms with Gasteiger partial charge in [0.25, 0.3) is 0 Å². The van der Waals surface area contributed by atoms with E-state index in [1.54, 1.807) is 24.3 Å². The standard InChI is InChI=1S/C31H28ClF2N7O/c32-23-4-1-3-17-11-21(42)12-22(25(17)23)27-26(34)28-29(39-38-27)30(41-16-19-5-6-20(41)14-35-19)37-24(36-28)7-9-31-8-2-10-40(31)15-18(33)13-31/h1,3-4,11-12,18-20,35,42H,2,5-6,8,10,13-16H2/t18-,19-,20-,31-/m1/s1. The normalized spacial score (nSPS) is 27.0. The monoisotopic (exact) mass is 587 g/mol. The van der Waals surface area contributed by atoms with Crippen molar-refractivity contribution in [3.8, 4) is 28.8 Å². The topological polar surface area (TPSA) is 90.3 Å². The number of aromatic nitrogens is 4. The van der Waals surface area contributed by atoms with Crippen LogP contribution in [-0.4, -0.2) is 80.1 Å². The minimum Gasteiger partial charge on any atom is -0.508 e. The number of nitrogens with one attached hydrogen (secondary N) is 1. The first-order chi connectivity index (χ1) is 20.4. The Kier molecular flexibility index (Phi) is 6.00. The van der Waals surface area contributed by atoms with Crippen molar-refractivity contribution in [2.75, 3.05) is 31.1 Å². The molecule has 7 heterocycles. The van der Waals surface area contributed by atoms with Gasteiger partial charge in [0.1, 0.15) is 23.1 Å². The van der Waals surface area contributed by atoms with Gasteiger partial charge in [0.2, 0.25) is 5.82 Å². The first-order valence-corrected chi connectivity index (χ1v) is 14.8. The number of anilines is 1. The maximum absolute atomic E-state index is 16.6. The molecule has 0 amide bonds. The van der Waals surface area contributed by atoms with E-state index in [9.17, 15) is 9.50 Å². The molecule has 5 aliphatic heterocycles. The smallest absolute Gasteiger partial charge is 0.207 e. The largest absolute Gasteiger partial charge is 0.508 e. The van der Waals surface area contributed by atoms with E-state index in [1.807, 2.05) is 0 Å². The van der Waals surface area contributed by atoms with Crippen molar-refractivity contribution < 1.29 is 13.9 Å². The maximum atomic E-state index is 16.6. The summed E-state index contributed by atoms with van der Waals surface area (Å²) in [5, 5.41) is 24.4. The van der Waals surface area contributed by atoms with Crippen molar-refractivity contribution >= 4 is 39.2 Å². The lowest BCUT2D eigenvalue weighted by Crippen LogP contribution is -2.61. The van der Waals surface area contributed by atoms with Crippen LogP contribution in [0.3, 0.4) is 0 Å². The lowest BCUT2D eigenvalue weighted by molar-refractivity contribution is 0.255. The van der Waals surface area contributed by atoms with Gasteiger partial charge < -0.3 is 15.3 Å². The Morgan fingerprint density at radius 1 is 1.12 bits per heavy atom. The van der Waals surface area contributed by atoms with E-state index in [0.717, 1.165) is 38.8 Å². The van der Waals surface area contributed by atoms with Crippen LogP contribution >= 0.6 is 11.6 Å². The third kappa shape index (κ3) is 4.09. The van der Waals surface area contributed by atoms with Crippen LogP contribution in [0.4, 0.5) is 14.6 Å². The summed E-state index contributed by atoms with van der Waals surface area (Å²) in [6, 6.07) is 8.76. The van der Waals surface area contributed by atoms with Crippen LogP contribution in [0.2, 0.25) is 5.02 Å². The SMILES string of the molecule is Oc1cc(-c2nnc3c(N4C[C@H]5CC[C@@H]4CN5)nc(C#C[C@@]45CCCN4C[C@H](F)C5)nc3c2F)c2c(Cl)cccc2c1. The van der Waals surface area contributed by atoms with Gasteiger partial charge in [0.05, 0.1) is 5.54 Å². The van der Waals surface area contributed by atoms with Gasteiger partial charge in [-0.1, -0.05) is 29.7 Å². The minimum atomic E-state index is -0.914. The van der Waals surface area contributed by atoms with E-state index in [2.05, 4.69) is 42.1 Å². The summed E-state index contributed by atoms with van der Waals surface area (Å²) in [6.07, 6.45) is 3.25. The summed E-state index contributed by atoms with van der Waals surface area (Å²) >= 11 is 6.54. The average Bonchev–Trinajstić information content (AvgIpc) is 3.52. The fourth-order valence-corrected chi connectivity index (χ4v) is 7.64. The molecular formula is C31H28ClF2N7O. The van der Waals surface area contributed by atoms with E-state index in [0.29, 0.717) is 52.7 Å². The summed E-state index contributed by atoms with van der Waals surface area (Å²) in [7, 11) is 0. The number of halogens is 3. The van der Waals surface area contributed by atoms with E-state index < -0.39 is 17.5 Å². The van der Waals surface area contributed by atoms with Crippen LogP contribution in [0.25, 0.3) is 33.1 Å². The number of rotatable bonds is 2. The summed E-state index contributed by atoms with van der Waals surface area (Å²) < 4.78 is 31.0. The van der Waals surface area contributed by atoms with Crippen LogP contribution in [0.15, 0.2) is 30.3 Å². The van der Waals surface area contributed by atoms with Gasteiger partial charge in [0, 0.05) is 54.1 Å². The lowest BCUT2D eigenvalue weighted by Gasteiger charge is -2.46. The highest BCUT2D eigenvalue weighted by Gasteiger charge is 2.47.